The van der Waals surface area contributed by atoms with E-state index in [4.69, 9.17) is 5.11 Å². The third-order valence-corrected chi connectivity index (χ3v) is 4.12. The third-order valence-electron chi connectivity index (χ3n) is 3.09. The number of thioether (sulfide) groups is 1. The molecular formula is C15H18N2O2S. The van der Waals surface area contributed by atoms with Crippen molar-refractivity contribution in [1.29, 1.82) is 0 Å². The van der Waals surface area contributed by atoms with Gasteiger partial charge in [0.05, 0.1) is 11.9 Å². The van der Waals surface area contributed by atoms with E-state index >= 15 is 0 Å². The van der Waals surface area contributed by atoms with Gasteiger partial charge < -0.3 is 9.67 Å². The molecule has 0 saturated heterocycles. The van der Waals surface area contributed by atoms with Crippen LogP contribution >= 0.6 is 11.8 Å². The molecule has 0 atom stereocenters. The molecule has 0 amide bonds. The molecule has 0 aliphatic rings. The second kappa shape index (κ2) is 6.61. The number of hydrogen-bond acceptors (Lipinski definition) is 3. The topological polar surface area (TPSA) is 55.1 Å². The highest BCUT2D eigenvalue weighted by atomic mass is 32.2. The first-order chi connectivity index (χ1) is 9.61. The Morgan fingerprint density at radius 3 is 2.95 bits per heavy atom. The van der Waals surface area contributed by atoms with Gasteiger partial charge in [-0.3, -0.25) is 0 Å². The molecule has 0 spiro atoms. The van der Waals surface area contributed by atoms with Crippen molar-refractivity contribution in [1.82, 2.24) is 9.55 Å². The molecule has 0 fully saturated rings. The molecule has 106 valence electrons. The number of hydrogen-bond donors (Lipinski definition) is 1. The second-order valence-corrected chi connectivity index (χ2v) is 5.70. The predicted molar refractivity (Wildman–Crippen MR) is 80.2 cm³/mol. The number of carboxylic acids is 1. The van der Waals surface area contributed by atoms with Crippen molar-refractivity contribution in [3.05, 3.63) is 47.5 Å². The van der Waals surface area contributed by atoms with Crippen LogP contribution < -0.4 is 0 Å². The van der Waals surface area contributed by atoms with Crippen LogP contribution in [0.1, 0.15) is 35.0 Å². The van der Waals surface area contributed by atoms with Crippen molar-refractivity contribution < 1.29 is 9.90 Å². The number of imidazole rings is 1. The summed E-state index contributed by atoms with van der Waals surface area (Å²) in [4.78, 5) is 16.3. The van der Waals surface area contributed by atoms with Crippen LogP contribution in [-0.4, -0.2) is 20.6 Å². The van der Waals surface area contributed by atoms with Crippen molar-refractivity contribution in [2.75, 3.05) is 0 Å². The molecule has 0 aliphatic heterocycles. The maximum atomic E-state index is 11.1. The largest absolute Gasteiger partial charge is 0.478 e. The van der Waals surface area contributed by atoms with E-state index in [0.717, 1.165) is 34.9 Å². The number of carboxylic acid groups (broad SMARTS) is 1. The molecule has 5 heteroatoms. The zero-order valence-corrected chi connectivity index (χ0v) is 12.5. The van der Waals surface area contributed by atoms with Gasteiger partial charge in [0.15, 0.2) is 0 Å². The van der Waals surface area contributed by atoms with E-state index in [-0.39, 0.29) is 0 Å². The van der Waals surface area contributed by atoms with Gasteiger partial charge in [0.2, 0.25) is 0 Å². The average molecular weight is 290 g/mol. The zero-order chi connectivity index (χ0) is 14.5. The summed E-state index contributed by atoms with van der Waals surface area (Å²) in [6, 6.07) is 5.56. The lowest BCUT2D eigenvalue weighted by atomic mass is 10.1. The molecule has 0 saturated carbocycles. The lowest BCUT2D eigenvalue weighted by molar-refractivity contribution is 0.0696. The van der Waals surface area contributed by atoms with E-state index in [9.17, 15) is 4.79 Å². The molecule has 0 unspecified atom stereocenters. The Bertz CT molecular complexity index is 608. The molecule has 20 heavy (non-hydrogen) atoms. The molecule has 0 aliphatic carbocycles. The molecule has 1 aromatic heterocycles. The summed E-state index contributed by atoms with van der Waals surface area (Å²) in [5.74, 6) is -0.0803. The van der Waals surface area contributed by atoms with E-state index < -0.39 is 5.97 Å². The van der Waals surface area contributed by atoms with Crippen LogP contribution in [0.15, 0.2) is 35.6 Å². The maximum absolute atomic E-state index is 11.1. The Labute approximate surface area is 122 Å². The summed E-state index contributed by atoms with van der Waals surface area (Å²) < 4.78 is 2.14. The quantitative estimate of drug-likeness (QED) is 0.826. The van der Waals surface area contributed by atoms with Gasteiger partial charge in [-0.05, 0) is 31.0 Å². The summed E-state index contributed by atoms with van der Waals surface area (Å²) in [5, 5.41) is 9.13. The van der Waals surface area contributed by atoms with Crippen LogP contribution in [0.5, 0.6) is 0 Å². The first-order valence-electron chi connectivity index (χ1n) is 6.57. The second-order valence-electron chi connectivity index (χ2n) is 4.65. The molecule has 0 bridgehead atoms. The lowest BCUT2D eigenvalue weighted by Gasteiger charge is -2.08. The minimum atomic E-state index is -0.874. The van der Waals surface area contributed by atoms with Crippen LogP contribution in [0.25, 0.3) is 0 Å². The van der Waals surface area contributed by atoms with Gasteiger partial charge in [-0.25, -0.2) is 9.78 Å². The van der Waals surface area contributed by atoms with E-state index in [2.05, 4.69) is 16.5 Å². The lowest BCUT2D eigenvalue weighted by Crippen LogP contribution is -2.01. The summed E-state index contributed by atoms with van der Waals surface area (Å²) in [6.07, 6.45) is 4.79. The third kappa shape index (κ3) is 3.42. The van der Waals surface area contributed by atoms with Gasteiger partial charge >= 0.3 is 5.97 Å². The molecule has 0 radical (unpaired) electrons. The van der Waals surface area contributed by atoms with E-state index in [1.807, 2.05) is 31.6 Å². The van der Waals surface area contributed by atoms with E-state index in [0.29, 0.717) is 5.56 Å². The Morgan fingerprint density at radius 2 is 2.25 bits per heavy atom. The smallest absolute Gasteiger partial charge is 0.335 e. The Hall–Kier alpha value is -1.75. The molecule has 1 aromatic carbocycles. The zero-order valence-electron chi connectivity index (χ0n) is 11.7. The molecular weight excluding hydrogens is 272 g/mol. The standard InChI is InChI=1S/C15H18N2O2S/c1-3-6-17-10-16-8-12(17)9-20-13-5-4-11(2)14(7-13)15(18)19/h4-5,7-8,10H,3,6,9H2,1-2H3,(H,18,19). The van der Waals surface area contributed by atoms with Gasteiger partial charge in [-0.2, -0.15) is 0 Å². The Balaban J connectivity index is 2.09. The SMILES string of the molecule is CCCn1cncc1CSc1ccc(C)c(C(=O)O)c1. The average Bonchev–Trinajstić information content (AvgIpc) is 2.85. The molecule has 4 nitrogen and oxygen atoms in total. The van der Waals surface area contributed by atoms with Crippen molar-refractivity contribution >= 4 is 17.7 Å². The van der Waals surface area contributed by atoms with Gasteiger partial charge in [0.25, 0.3) is 0 Å². The summed E-state index contributed by atoms with van der Waals surface area (Å²) in [6.45, 7) is 4.91. The normalized spacial score (nSPS) is 10.7. The number of carbonyl (C=O) groups is 1. The monoisotopic (exact) mass is 290 g/mol. The fourth-order valence-electron chi connectivity index (χ4n) is 1.99. The number of aromatic carboxylic acids is 1. The van der Waals surface area contributed by atoms with Crippen LogP contribution in [-0.2, 0) is 12.3 Å². The number of aromatic nitrogens is 2. The van der Waals surface area contributed by atoms with Gasteiger partial charge in [0.1, 0.15) is 0 Å². The first kappa shape index (κ1) is 14.7. The highest BCUT2D eigenvalue weighted by Crippen LogP contribution is 2.25. The molecule has 2 aromatic rings. The number of benzene rings is 1. The first-order valence-corrected chi connectivity index (χ1v) is 7.56. The molecule has 1 heterocycles. The van der Waals surface area contributed by atoms with Gasteiger partial charge in [-0.15, -0.1) is 11.8 Å². The van der Waals surface area contributed by atoms with Gasteiger partial charge in [0, 0.05) is 29.1 Å². The minimum absolute atomic E-state index is 0.372. The van der Waals surface area contributed by atoms with Crippen LogP contribution in [0.3, 0.4) is 0 Å². The van der Waals surface area contributed by atoms with Gasteiger partial charge in [-0.1, -0.05) is 13.0 Å². The highest BCUT2D eigenvalue weighted by molar-refractivity contribution is 7.98. The van der Waals surface area contributed by atoms with Crippen molar-refractivity contribution in [2.24, 2.45) is 0 Å². The maximum Gasteiger partial charge on any atom is 0.335 e. The minimum Gasteiger partial charge on any atom is -0.478 e. The van der Waals surface area contributed by atoms with Crippen LogP contribution in [0, 0.1) is 6.92 Å². The van der Waals surface area contributed by atoms with E-state index in [1.165, 1.54) is 0 Å². The molecule has 1 N–H and O–H groups in total. The fourth-order valence-corrected chi connectivity index (χ4v) is 2.91. The highest BCUT2D eigenvalue weighted by Gasteiger charge is 2.09. The molecule has 2 rings (SSSR count). The van der Waals surface area contributed by atoms with Crippen molar-refractivity contribution in [3.8, 4) is 0 Å². The Kier molecular flexibility index (Phi) is 4.84. The van der Waals surface area contributed by atoms with Crippen molar-refractivity contribution in [3.63, 3.8) is 0 Å². The number of aryl methyl sites for hydroxylation is 2. The van der Waals surface area contributed by atoms with E-state index in [1.54, 1.807) is 17.8 Å². The van der Waals surface area contributed by atoms with Crippen LogP contribution in [0.4, 0.5) is 0 Å². The fraction of sp³-hybridized carbons (Fsp3) is 0.333. The van der Waals surface area contributed by atoms with Crippen LogP contribution in [0.2, 0.25) is 0 Å². The summed E-state index contributed by atoms with van der Waals surface area (Å²) >= 11 is 1.63. The number of nitrogens with zero attached hydrogens (tertiary/aromatic N) is 2. The summed E-state index contributed by atoms with van der Waals surface area (Å²) in [5.41, 5.74) is 2.32. The Morgan fingerprint density at radius 1 is 1.45 bits per heavy atom. The van der Waals surface area contributed by atoms with Crippen molar-refractivity contribution in [2.45, 2.75) is 37.5 Å². The predicted octanol–water partition coefficient (Wildman–Crippen LogP) is 3.59. The number of rotatable bonds is 6. The summed E-state index contributed by atoms with van der Waals surface area (Å²) in [7, 11) is 0.